The molecule has 0 spiro atoms. The second-order valence-corrected chi connectivity index (χ2v) is 4.56. The zero-order valence-corrected chi connectivity index (χ0v) is 9.79. The molecule has 0 N–H and O–H groups in total. The van der Waals surface area contributed by atoms with Crippen molar-refractivity contribution in [1.82, 2.24) is 14.8 Å². The Labute approximate surface area is 97.5 Å². The molecule has 1 aromatic heterocycles. The molecule has 0 atom stereocenters. The van der Waals surface area contributed by atoms with E-state index in [-0.39, 0.29) is 0 Å². The van der Waals surface area contributed by atoms with Crippen molar-refractivity contribution in [3.05, 3.63) is 35.6 Å². The van der Waals surface area contributed by atoms with Crippen molar-refractivity contribution in [3.63, 3.8) is 0 Å². The van der Waals surface area contributed by atoms with Crippen LogP contribution in [-0.4, -0.2) is 20.5 Å². The van der Waals surface area contributed by atoms with Gasteiger partial charge >= 0.3 is 0 Å². The molecule has 5 heteroatoms. The maximum atomic E-state index is 5.93. The van der Waals surface area contributed by atoms with E-state index in [1.54, 1.807) is 18.1 Å². The predicted octanol–water partition coefficient (Wildman–Crippen LogP) is 3.03. The van der Waals surface area contributed by atoms with Gasteiger partial charge in [0.25, 0.3) is 0 Å². The summed E-state index contributed by atoms with van der Waals surface area (Å²) < 4.78 is 1.93. The highest BCUT2D eigenvalue weighted by molar-refractivity contribution is 7.99. The first kappa shape index (κ1) is 10.5. The number of hydrogen-bond acceptors (Lipinski definition) is 3. The SMILES string of the molecule is CCSc1nncn1-c1cccc(Cl)c1. The van der Waals surface area contributed by atoms with Crippen LogP contribution in [0.3, 0.4) is 0 Å². The Morgan fingerprint density at radius 1 is 1.47 bits per heavy atom. The normalized spacial score (nSPS) is 10.5. The van der Waals surface area contributed by atoms with Crippen molar-refractivity contribution in [3.8, 4) is 5.69 Å². The fourth-order valence-electron chi connectivity index (χ4n) is 1.26. The molecule has 0 saturated carbocycles. The highest BCUT2D eigenvalue weighted by atomic mass is 35.5. The Bertz CT molecular complexity index is 455. The molecule has 0 aliphatic carbocycles. The fraction of sp³-hybridized carbons (Fsp3) is 0.200. The van der Waals surface area contributed by atoms with Crippen molar-refractivity contribution in [2.45, 2.75) is 12.1 Å². The van der Waals surface area contributed by atoms with Crippen LogP contribution in [0.25, 0.3) is 5.69 Å². The minimum absolute atomic E-state index is 0.716. The molecule has 15 heavy (non-hydrogen) atoms. The van der Waals surface area contributed by atoms with E-state index >= 15 is 0 Å². The molecule has 0 saturated heterocycles. The molecule has 2 rings (SSSR count). The third-order valence-corrected chi connectivity index (χ3v) is 2.94. The van der Waals surface area contributed by atoms with Crippen molar-refractivity contribution in [2.75, 3.05) is 5.75 Å². The van der Waals surface area contributed by atoms with Gasteiger partial charge in [0.1, 0.15) is 6.33 Å². The molecular weight excluding hydrogens is 230 g/mol. The molecule has 0 bridgehead atoms. The number of halogens is 1. The number of benzene rings is 1. The van der Waals surface area contributed by atoms with Crippen LogP contribution in [0.15, 0.2) is 35.7 Å². The van der Waals surface area contributed by atoms with E-state index in [0.29, 0.717) is 5.02 Å². The van der Waals surface area contributed by atoms with Gasteiger partial charge in [0.15, 0.2) is 5.16 Å². The van der Waals surface area contributed by atoms with Crippen LogP contribution in [0.2, 0.25) is 5.02 Å². The summed E-state index contributed by atoms with van der Waals surface area (Å²) in [5.41, 5.74) is 0.989. The van der Waals surface area contributed by atoms with Gasteiger partial charge in [-0.25, -0.2) is 0 Å². The van der Waals surface area contributed by atoms with Crippen molar-refractivity contribution < 1.29 is 0 Å². The van der Waals surface area contributed by atoms with Crippen LogP contribution >= 0.6 is 23.4 Å². The molecule has 0 unspecified atom stereocenters. The average Bonchev–Trinajstić information content (AvgIpc) is 2.66. The summed E-state index contributed by atoms with van der Waals surface area (Å²) in [5.74, 6) is 0.971. The van der Waals surface area contributed by atoms with E-state index in [2.05, 4.69) is 17.1 Å². The maximum absolute atomic E-state index is 5.93. The van der Waals surface area contributed by atoms with Gasteiger partial charge in [-0.05, 0) is 24.0 Å². The Morgan fingerprint density at radius 2 is 2.33 bits per heavy atom. The first-order valence-electron chi connectivity index (χ1n) is 4.60. The lowest BCUT2D eigenvalue weighted by Gasteiger charge is -2.04. The summed E-state index contributed by atoms with van der Waals surface area (Å²) in [7, 11) is 0. The average molecular weight is 240 g/mol. The van der Waals surface area contributed by atoms with Crippen LogP contribution in [0.4, 0.5) is 0 Å². The first-order chi connectivity index (χ1) is 7.31. The van der Waals surface area contributed by atoms with Crippen molar-refractivity contribution in [2.24, 2.45) is 0 Å². The highest BCUT2D eigenvalue weighted by Crippen LogP contribution is 2.20. The highest BCUT2D eigenvalue weighted by Gasteiger charge is 2.05. The van der Waals surface area contributed by atoms with Crippen LogP contribution in [0.5, 0.6) is 0 Å². The van der Waals surface area contributed by atoms with Gasteiger partial charge in [-0.3, -0.25) is 4.57 Å². The van der Waals surface area contributed by atoms with E-state index < -0.39 is 0 Å². The van der Waals surface area contributed by atoms with E-state index in [0.717, 1.165) is 16.6 Å². The molecule has 2 aromatic rings. The second kappa shape index (κ2) is 4.68. The minimum atomic E-state index is 0.716. The van der Waals surface area contributed by atoms with Gasteiger partial charge in [0.2, 0.25) is 0 Å². The quantitative estimate of drug-likeness (QED) is 0.772. The van der Waals surface area contributed by atoms with Crippen LogP contribution in [-0.2, 0) is 0 Å². The lowest BCUT2D eigenvalue weighted by atomic mass is 10.3. The van der Waals surface area contributed by atoms with E-state index in [1.165, 1.54) is 0 Å². The third-order valence-electron chi connectivity index (χ3n) is 1.88. The van der Waals surface area contributed by atoms with Gasteiger partial charge in [-0.2, -0.15) is 0 Å². The lowest BCUT2D eigenvalue weighted by Crippen LogP contribution is -1.94. The van der Waals surface area contributed by atoms with Crippen molar-refractivity contribution >= 4 is 23.4 Å². The number of hydrogen-bond donors (Lipinski definition) is 0. The van der Waals surface area contributed by atoms with E-state index in [9.17, 15) is 0 Å². The monoisotopic (exact) mass is 239 g/mol. The molecular formula is C10H10ClN3S. The summed E-state index contributed by atoms with van der Waals surface area (Å²) in [6.07, 6.45) is 1.70. The fourth-order valence-corrected chi connectivity index (χ4v) is 2.09. The minimum Gasteiger partial charge on any atom is -0.277 e. The van der Waals surface area contributed by atoms with Crippen molar-refractivity contribution in [1.29, 1.82) is 0 Å². The Kier molecular flexibility index (Phi) is 3.28. The summed E-state index contributed by atoms with van der Waals surface area (Å²) in [6, 6.07) is 7.64. The standard InChI is InChI=1S/C10H10ClN3S/c1-2-15-10-13-12-7-14(10)9-5-3-4-8(11)6-9/h3-7H,2H2,1H3. The first-order valence-corrected chi connectivity index (χ1v) is 5.96. The molecule has 0 fully saturated rings. The molecule has 1 aromatic carbocycles. The Morgan fingerprint density at radius 3 is 3.07 bits per heavy atom. The molecule has 78 valence electrons. The molecule has 0 aliphatic rings. The van der Waals surface area contributed by atoms with Gasteiger partial charge in [-0.15, -0.1) is 10.2 Å². The smallest absolute Gasteiger partial charge is 0.195 e. The Balaban J connectivity index is 2.40. The molecule has 0 radical (unpaired) electrons. The van der Waals surface area contributed by atoms with Crippen LogP contribution in [0.1, 0.15) is 6.92 Å². The number of thioether (sulfide) groups is 1. The predicted molar refractivity (Wildman–Crippen MR) is 62.8 cm³/mol. The summed E-state index contributed by atoms with van der Waals surface area (Å²) in [4.78, 5) is 0. The van der Waals surface area contributed by atoms with Crippen LogP contribution < -0.4 is 0 Å². The number of nitrogens with zero attached hydrogens (tertiary/aromatic N) is 3. The molecule has 0 aliphatic heterocycles. The summed E-state index contributed by atoms with van der Waals surface area (Å²) in [5, 5.41) is 9.55. The van der Waals surface area contributed by atoms with E-state index in [1.807, 2.05) is 28.8 Å². The number of rotatable bonds is 3. The third kappa shape index (κ3) is 2.33. The number of aromatic nitrogens is 3. The second-order valence-electron chi connectivity index (χ2n) is 2.90. The topological polar surface area (TPSA) is 30.7 Å². The van der Waals surface area contributed by atoms with Gasteiger partial charge < -0.3 is 0 Å². The summed E-state index contributed by atoms with van der Waals surface area (Å²) >= 11 is 7.59. The largest absolute Gasteiger partial charge is 0.277 e. The van der Waals surface area contributed by atoms with Gasteiger partial charge in [-0.1, -0.05) is 36.4 Å². The van der Waals surface area contributed by atoms with Gasteiger partial charge in [0.05, 0.1) is 5.69 Å². The molecule has 1 heterocycles. The van der Waals surface area contributed by atoms with Gasteiger partial charge in [0, 0.05) is 5.02 Å². The molecule has 3 nitrogen and oxygen atoms in total. The zero-order valence-electron chi connectivity index (χ0n) is 8.22. The van der Waals surface area contributed by atoms with E-state index in [4.69, 9.17) is 11.6 Å². The summed E-state index contributed by atoms with van der Waals surface area (Å²) in [6.45, 7) is 2.08. The lowest BCUT2D eigenvalue weighted by molar-refractivity contribution is 0.884. The van der Waals surface area contributed by atoms with Crippen LogP contribution in [0, 0.1) is 0 Å². The maximum Gasteiger partial charge on any atom is 0.195 e. The Hall–Kier alpha value is -1.00. The zero-order chi connectivity index (χ0) is 10.7. The molecule has 0 amide bonds.